The summed E-state index contributed by atoms with van der Waals surface area (Å²) in [5, 5.41) is 8.52. The Hall–Kier alpha value is -1.26. The van der Waals surface area contributed by atoms with Gasteiger partial charge in [-0.2, -0.15) is 0 Å². The number of nitrogens with zero attached hydrogens (tertiary/aromatic N) is 2. The number of likely N-dealkylation sites (tertiary alicyclic amines) is 1. The van der Waals surface area contributed by atoms with Crippen molar-refractivity contribution in [2.24, 2.45) is 5.73 Å². The molecule has 0 saturated carbocycles. The van der Waals surface area contributed by atoms with Crippen LogP contribution in [0.5, 0.6) is 0 Å². The fraction of sp³-hybridized carbons (Fsp3) is 0.667. The Kier molecular flexibility index (Phi) is 9.86. The number of halogens is 1. The molecule has 1 aliphatic rings. The van der Waals surface area contributed by atoms with Gasteiger partial charge >= 0.3 is 0 Å². The minimum Gasteiger partial charge on any atom is -0.370 e. The van der Waals surface area contributed by atoms with Crippen molar-refractivity contribution in [1.82, 2.24) is 9.80 Å². The van der Waals surface area contributed by atoms with Gasteiger partial charge in [0.1, 0.15) is 0 Å². The van der Waals surface area contributed by atoms with E-state index in [4.69, 9.17) is 22.7 Å². The molecule has 0 amide bonds. The van der Waals surface area contributed by atoms with Crippen molar-refractivity contribution in [2.45, 2.75) is 64.3 Å². The molecule has 0 bridgehead atoms. The van der Waals surface area contributed by atoms with E-state index in [1.54, 1.807) is 0 Å². The van der Waals surface area contributed by atoms with Gasteiger partial charge in [0.2, 0.25) is 0 Å². The Morgan fingerprint density at radius 3 is 2.15 bits per heavy atom. The van der Waals surface area contributed by atoms with Crippen molar-refractivity contribution >= 4 is 17.6 Å². The first kappa shape index (κ1) is 21.0. The van der Waals surface area contributed by atoms with E-state index in [9.17, 15) is 0 Å². The minimum absolute atomic E-state index is 0.155. The number of hydrogen-bond acceptors (Lipinski definition) is 2. The van der Waals surface area contributed by atoms with Crippen LogP contribution < -0.4 is 5.73 Å². The summed E-state index contributed by atoms with van der Waals surface area (Å²) in [6.07, 6.45) is 11.8. The van der Waals surface area contributed by atoms with E-state index in [0.29, 0.717) is 6.54 Å². The van der Waals surface area contributed by atoms with Gasteiger partial charge in [0, 0.05) is 18.1 Å². The van der Waals surface area contributed by atoms with Crippen molar-refractivity contribution in [1.29, 1.82) is 5.41 Å². The molecule has 0 aliphatic carbocycles. The van der Waals surface area contributed by atoms with Gasteiger partial charge in [-0.1, -0.05) is 55.8 Å². The number of rotatable bonds is 12. The number of unbranched alkanes of at least 4 members (excludes halogenated alkanes) is 6. The van der Waals surface area contributed by atoms with Gasteiger partial charge in [-0.3, -0.25) is 5.41 Å². The standard InChI is InChI=1S/C21H35ClN4/c22-20-12-10-19(11-13-20)18-26(21(23)24)17-7-5-3-1-2-4-6-14-25-15-8-9-16-25/h10-13H,1-9,14-18H2,(H3,23,24). The lowest BCUT2D eigenvalue weighted by Crippen LogP contribution is -2.36. The van der Waals surface area contributed by atoms with Crippen LogP contribution in [0.25, 0.3) is 0 Å². The first-order valence-corrected chi connectivity index (χ1v) is 10.6. The molecule has 0 radical (unpaired) electrons. The van der Waals surface area contributed by atoms with Crippen LogP contribution in [0.2, 0.25) is 5.02 Å². The highest BCUT2D eigenvalue weighted by Crippen LogP contribution is 2.14. The predicted octanol–water partition coefficient (Wildman–Crippen LogP) is 4.86. The van der Waals surface area contributed by atoms with Crippen LogP contribution in [-0.2, 0) is 6.54 Å². The van der Waals surface area contributed by atoms with E-state index in [1.165, 1.54) is 71.0 Å². The molecule has 26 heavy (non-hydrogen) atoms. The molecule has 3 N–H and O–H groups in total. The molecule has 1 saturated heterocycles. The van der Waals surface area contributed by atoms with Gasteiger partial charge in [0.25, 0.3) is 0 Å². The van der Waals surface area contributed by atoms with E-state index in [-0.39, 0.29) is 5.96 Å². The Balaban J connectivity index is 1.49. The molecule has 1 fully saturated rings. The summed E-state index contributed by atoms with van der Waals surface area (Å²) in [4.78, 5) is 4.55. The molecule has 1 aromatic carbocycles. The molecule has 1 aliphatic heterocycles. The molecule has 0 unspecified atom stereocenters. The molecule has 5 heteroatoms. The monoisotopic (exact) mass is 378 g/mol. The maximum absolute atomic E-state index is 7.78. The highest BCUT2D eigenvalue weighted by atomic mass is 35.5. The number of benzene rings is 1. The molecule has 2 rings (SSSR count). The second-order valence-electron chi connectivity index (χ2n) is 7.46. The Morgan fingerprint density at radius 2 is 1.54 bits per heavy atom. The first-order chi connectivity index (χ1) is 12.6. The fourth-order valence-electron chi connectivity index (χ4n) is 3.62. The second-order valence-corrected chi connectivity index (χ2v) is 7.89. The zero-order chi connectivity index (χ0) is 18.6. The van der Waals surface area contributed by atoms with E-state index >= 15 is 0 Å². The molecule has 0 spiro atoms. The smallest absolute Gasteiger partial charge is 0.188 e. The van der Waals surface area contributed by atoms with Crippen molar-refractivity contribution in [2.75, 3.05) is 26.2 Å². The summed E-state index contributed by atoms with van der Waals surface area (Å²) in [5.74, 6) is 0.155. The van der Waals surface area contributed by atoms with Crippen LogP contribution in [0.3, 0.4) is 0 Å². The van der Waals surface area contributed by atoms with Gasteiger partial charge in [-0.05, 0) is 63.0 Å². The maximum atomic E-state index is 7.78. The fourth-order valence-corrected chi connectivity index (χ4v) is 3.75. The van der Waals surface area contributed by atoms with Crippen molar-refractivity contribution in [3.05, 3.63) is 34.9 Å². The SMILES string of the molecule is N=C(N)N(CCCCCCCCCN1CCCC1)Cc1ccc(Cl)cc1. The van der Waals surface area contributed by atoms with Gasteiger partial charge < -0.3 is 15.5 Å². The molecule has 146 valence electrons. The van der Waals surface area contributed by atoms with Crippen LogP contribution in [-0.4, -0.2) is 41.9 Å². The van der Waals surface area contributed by atoms with Gasteiger partial charge in [-0.25, -0.2) is 0 Å². The third kappa shape index (κ3) is 8.41. The highest BCUT2D eigenvalue weighted by molar-refractivity contribution is 6.30. The van der Waals surface area contributed by atoms with Crippen molar-refractivity contribution in [3.63, 3.8) is 0 Å². The number of nitrogens with two attached hydrogens (primary N) is 1. The molecular weight excluding hydrogens is 344 g/mol. The van der Waals surface area contributed by atoms with Crippen molar-refractivity contribution < 1.29 is 0 Å². The van der Waals surface area contributed by atoms with Crippen LogP contribution >= 0.6 is 11.6 Å². The Labute approximate surface area is 164 Å². The summed E-state index contributed by atoms with van der Waals surface area (Å²) in [6, 6.07) is 7.78. The van der Waals surface area contributed by atoms with Crippen LogP contribution in [0.15, 0.2) is 24.3 Å². The first-order valence-electron chi connectivity index (χ1n) is 10.2. The van der Waals surface area contributed by atoms with Crippen LogP contribution in [0, 0.1) is 5.41 Å². The van der Waals surface area contributed by atoms with E-state index in [1.807, 2.05) is 29.2 Å². The average Bonchev–Trinajstić information content (AvgIpc) is 3.14. The molecule has 4 nitrogen and oxygen atoms in total. The summed E-state index contributed by atoms with van der Waals surface area (Å²) in [7, 11) is 0. The maximum Gasteiger partial charge on any atom is 0.188 e. The average molecular weight is 379 g/mol. The van der Waals surface area contributed by atoms with E-state index in [0.717, 1.165) is 23.6 Å². The second kappa shape index (κ2) is 12.2. The lowest BCUT2D eigenvalue weighted by molar-refractivity contribution is 0.327. The van der Waals surface area contributed by atoms with E-state index < -0.39 is 0 Å². The van der Waals surface area contributed by atoms with E-state index in [2.05, 4.69) is 4.90 Å². The largest absolute Gasteiger partial charge is 0.370 e. The summed E-state index contributed by atoms with van der Waals surface area (Å²) in [5.41, 5.74) is 6.88. The number of nitrogens with one attached hydrogen (secondary N) is 1. The minimum atomic E-state index is 0.155. The predicted molar refractivity (Wildman–Crippen MR) is 112 cm³/mol. The van der Waals surface area contributed by atoms with Gasteiger partial charge in [0.15, 0.2) is 5.96 Å². The summed E-state index contributed by atoms with van der Waals surface area (Å²) >= 11 is 5.92. The van der Waals surface area contributed by atoms with Gasteiger partial charge in [0.05, 0.1) is 0 Å². The van der Waals surface area contributed by atoms with Crippen LogP contribution in [0.4, 0.5) is 0 Å². The third-order valence-electron chi connectivity index (χ3n) is 5.23. The Bertz CT molecular complexity index is 511. The topological polar surface area (TPSA) is 56.4 Å². The highest BCUT2D eigenvalue weighted by Gasteiger charge is 2.10. The molecule has 1 aromatic rings. The summed E-state index contributed by atoms with van der Waals surface area (Å²) in [6.45, 7) is 5.49. The lowest BCUT2D eigenvalue weighted by atomic mass is 10.1. The lowest BCUT2D eigenvalue weighted by Gasteiger charge is -2.22. The zero-order valence-corrected chi connectivity index (χ0v) is 16.8. The molecule has 0 aromatic heterocycles. The van der Waals surface area contributed by atoms with Crippen LogP contribution in [0.1, 0.15) is 63.4 Å². The summed E-state index contributed by atoms with van der Waals surface area (Å²) < 4.78 is 0. The van der Waals surface area contributed by atoms with Crippen molar-refractivity contribution in [3.8, 4) is 0 Å². The number of hydrogen-bond donors (Lipinski definition) is 2. The third-order valence-corrected chi connectivity index (χ3v) is 5.48. The zero-order valence-electron chi connectivity index (χ0n) is 16.1. The normalized spacial score (nSPS) is 14.7. The quantitative estimate of drug-likeness (QED) is 0.310. The molecular formula is C21H35ClN4. The number of guanidine groups is 1. The van der Waals surface area contributed by atoms with Gasteiger partial charge in [-0.15, -0.1) is 0 Å². The molecule has 0 atom stereocenters. The Morgan fingerprint density at radius 1 is 0.962 bits per heavy atom. The molecule has 1 heterocycles.